The van der Waals surface area contributed by atoms with Crippen LogP contribution in [0.2, 0.25) is 0 Å². The summed E-state index contributed by atoms with van der Waals surface area (Å²) in [5.74, 6) is -1.16. The Hall–Kier alpha value is -1.64. The van der Waals surface area contributed by atoms with Gasteiger partial charge in [0.2, 0.25) is 0 Å². The summed E-state index contributed by atoms with van der Waals surface area (Å²) in [4.78, 5) is 11.2. The number of carboxylic acid groups (broad SMARTS) is 1. The summed E-state index contributed by atoms with van der Waals surface area (Å²) in [5, 5.41) is 9.19. The monoisotopic (exact) mass is 300 g/mol. The molecule has 0 aromatic heterocycles. The smallest absolute Gasteiger partial charge is 0.338 e. The highest BCUT2D eigenvalue weighted by molar-refractivity contribution is 7.90. The molecule has 1 saturated heterocycles. The van der Waals surface area contributed by atoms with Gasteiger partial charge in [-0.15, -0.1) is 0 Å². The van der Waals surface area contributed by atoms with Crippen LogP contribution < -0.4 is 4.72 Å². The Morgan fingerprint density at radius 2 is 2.00 bits per heavy atom. The van der Waals surface area contributed by atoms with Gasteiger partial charge in [-0.1, -0.05) is 12.1 Å². The van der Waals surface area contributed by atoms with Crippen molar-refractivity contribution in [1.82, 2.24) is 4.31 Å². The summed E-state index contributed by atoms with van der Waals surface area (Å²) < 4.78 is 33.1. The van der Waals surface area contributed by atoms with Crippen LogP contribution >= 0.6 is 0 Å². The zero-order chi connectivity index (χ0) is 14.8. The lowest BCUT2D eigenvalue weighted by molar-refractivity contribution is 0.0697. The second-order valence-electron chi connectivity index (χ2n) is 4.42. The zero-order valence-corrected chi connectivity index (χ0v) is 11.8. The van der Waals surface area contributed by atoms with Crippen molar-refractivity contribution >= 4 is 21.9 Å². The van der Waals surface area contributed by atoms with Gasteiger partial charge in [-0.25, -0.2) is 4.79 Å². The number of hydrogen-bond donors (Lipinski definition) is 2. The lowest BCUT2D eigenvalue weighted by Crippen LogP contribution is -2.43. The quantitative estimate of drug-likeness (QED) is 0.852. The second-order valence-corrected chi connectivity index (χ2v) is 6.09. The number of anilines is 1. The molecule has 20 heavy (non-hydrogen) atoms. The van der Waals surface area contributed by atoms with Crippen molar-refractivity contribution in [1.29, 1.82) is 0 Å². The molecule has 1 fully saturated rings. The van der Waals surface area contributed by atoms with Gasteiger partial charge < -0.3 is 9.84 Å². The molecule has 8 heteroatoms. The predicted molar refractivity (Wildman–Crippen MR) is 73.1 cm³/mol. The summed E-state index contributed by atoms with van der Waals surface area (Å²) >= 11 is 0. The topological polar surface area (TPSA) is 95.9 Å². The number of carboxylic acids is 1. The Bertz CT molecular complexity index is 608. The summed E-state index contributed by atoms with van der Waals surface area (Å²) in [6, 6.07) is 4.67. The summed E-state index contributed by atoms with van der Waals surface area (Å²) in [5.41, 5.74) is 0.535. The van der Waals surface area contributed by atoms with Gasteiger partial charge in [0.25, 0.3) is 0 Å². The molecular formula is C12H16N2O5S. The molecule has 1 aromatic rings. The van der Waals surface area contributed by atoms with E-state index in [1.165, 1.54) is 10.4 Å². The van der Waals surface area contributed by atoms with Crippen LogP contribution in [0.4, 0.5) is 5.69 Å². The lowest BCUT2D eigenvalue weighted by Gasteiger charge is -2.26. The van der Waals surface area contributed by atoms with E-state index in [2.05, 4.69) is 4.72 Å². The minimum Gasteiger partial charge on any atom is -0.478 e. The Morgan fingerprint density at radius 1 is 1.35 bits per heavy atom. The van der Waals surface area contributed by atoms with E-state index in [4.69, 9.17) is 4.74 Å². The largest absolute Gasteiger partial charge is 0.478 e. The first kappa shape index (κ1) is 14.8. The van der Waals surface area contributed by atoms with Crippen molar-refractivity contribution in [2.24, 2.45) is 0 Å². The molecule has 1 aliphatic heterocycles. The average molecular weight is 300 g/mol. The standard InChI is InChI=1S/C12H16N2O5S/c1-9-3-2-4-10(11(9)12(15)16)13-20(17,18)14-5-7-19-8-6-14/h2-4,13H,5-8H2,1H3,(H,15,16). The Balaban J connectivity index is 2.29. The fourth-order valence-electron chi connectivity index (χ4n) is 2.03. The van der Waals surface area contributed by atoms with Gasteiger partial charge in [0.15, 0.2) is 0 Å². The molecule has 0 bridgehead atoms. The van der Waals surface area contributed by atoms with E-state index in [0.29, 0.717) is 18.8 Å². The third-order valence-electron chi connectivity index (χ3n) is 3.04. The lowest BCUT2D eigenvalue weighted by atomic mass is 10.1. The van der Waals surface area contributed by atoms with Crippen molar-refractivity contribution in [3.63, 3.8) is 0 Å². The van der Waals surface area contributed by atoms with Gasteiger partial charge in [0.1, 0.15) is 0 Å². The second kappa shape index (κ2) is 5.78. The highest BCUT2D eigenvalue weighted by Crippen LogP contribution is 2.21. The van der Waals surface area contributed by atoms with E-state index in [0.717, 1.165) is 0 Å². The summed E-state index contributed by atoms with van der Waals surface area (Å²) in [6.45, 7) is 2.80. The maximum atomic E-state index is 12.2. The van der Waals surface area contributed by atoms with Crippen molar-refractivity contribution in [2.75, 3.05) is 31.0 Å². The van der Waals surface area contributed by atoms with Crippen LogP contribution in [0.3, 0.4) is 0 Å². The van der Waals surface area contributed by atoms with Crippen molar-refractivity contribution in [3.05, 3.63) is 29.3 Å². The first-order chi connectivity index (χ1) is 9.42. The molecule has 0 saturated carbocycles. The van der Waals surface area contributed by atoms with E-state index in [1.807, 2.05) is 0 Å². The first-order valence-electron chi connectivity index (χ1n) is 6.10. The van der Waals surface area contributed by atoms with E-state index in [-0.39, 0.29) is 24.3 Å². The van der Waals surface area contributed by atoms with Crippen LogP contribution in [-0.4, -0.2) is 50.1 Å². The Morgan fingerprint density at radius 3 is 2.60 bits per heavy atom. The Labute approximate surface area is 117 Å². The molecule has 110 valence electrons. The van der Waals surface area contributed by atoms with Crippen LogP contribution in [0.25, 0.3) is 0 Å². The number of nitrogens with zero attached hydrogens (tertiary/aromatic N) is 1. The highest BCUT2D eigenvalue weighted by atomic mass is 32.2. The third kappa shape index (κ3) is 3.09. The fraction of sp³-hybridized carbons (Fsp3) is 0.417. The van der Waals surface area contributed by atoms with Gasteiger partial charge in [-0.2, -0.15) is 12.7 Å². The van der Waals surface area contributed by atoms with Crippen molar-refractivity contribution < 1.29 is 23.1 Å². The van der Waals surface area contributed by atoms with Gasteiger partial charge in [-0.3, -0.25) is 4.72 Å². The maximum absolute atomic E-state index is 12.2. The molecule has 0 unspecified atom stereocenters. The normalized spacial score (nSPS) is 16.9. The number of benzene rings is 1. The van der Waals surface area contributed by atoms with Crippen molar-refractivity contribution in [2.45, 2.75) is 6.92 Å². The molecule has 1 aromatic carbocycles. The van der Waals surface area contributed by atoms with Crippen LogP contribution in [-0.2, 0) is 14.9 Å². The molecule has 0 radical (unpaired) electrons. The molecule has 2 N–H and O–H groups in total. The number of hydrogen-bond acceptors (Lipinski definition) is 4. The molecule has 0 atom stereocenters. The molecular weight excluding hydrogens is 284 g/mol. The SMILES string of the molecule is Cc1cccc(NS(=O)(=O)N2CCOCC2)c1C(=O)O. The van der Waals surface area contributed by atoms with E-state index in [9.17, 15) is 18.3 Å². The van der Waals surface area contributed by atoms with E-state index < -0.39 is 16.2 Å². The van der Waals surface area contributed by atoms with Crippen LogP contribution in [0.1, 0.15) is 15.9 Å². The molecule has 0 amide bonds. The highest BCUT2D eigenvalue weighted by Gasteiger charge is 2.26. The number of ether oxygens (including phenoxy) is 1. The fourth-order valence-corrected chi connectivity index (χ4v) is 3.23. The number of rotatable bonds is 4. The number of morpholine rings is 1. The number of aryl methyl sites for hydroxylation is 1. The third-order valence-corrected chi connectivity index (χ3v) is 4.56. The Kier molecular flexibility index (Phi) is 4.26. The van der Waals surface area contributed by atoms with Gasteiger partial charge in [-0.05, 0) is 18.6 Å². The van der Waals surface area contributed by atoms with E-state index in [1.54, 1.807) is 19.1 Å². The van der Waals surface area contributed by atoms with Gasteiger partial charge in [0.05, 0.1) is 24.5 Å². The minimum atomic E-state index is -3.77. The maximum Gasteiger partial charge on any atom is 0.338 e. The van der Waals surface area contributed by atoms with Crippen LogP contribution in [0.15, 0.2) is 18.2 Å². The number of aromatic carboxylic acids is 1. The molecule has 2 rings (SSSR count). The molecule has 0 aliphatic carbocycles. The predicted octanol–water partition coefficient (Wildman–Crippen LogP) is 0.682. The van der Waals surface area contributed by atoms with Crippen LogP contribution in [0.5, 0.6) is 0 Å². The van der Waals surface area contributed by atoms with Crippen molar-refractivity contribution in [3.8, 4) is 0 Å². The minimum absolute atomic E-state index is 0.0377. The number of nitrogens with one attached hydrogen (secondary N) is 1. The van der Waals surface area contributed by atoms with Gasteiger partial charge >= 0.3 is 16.2 Å². The van der Waals surface area contributed by atoms with Crippen LogP contribution in [0, 0.1) is 6.92 Å². The number of carbonyl (C=O) groups is 1. The molecule has 1 aliphatic rings. The molecule has 0 spiro atoms. The molecule has 7 nitrogen and oxygen atoms in total. The first-order valence-corrected chi connectivity index (χ1v) is 7.54. The van der Waals surface area contributed by atoms with Gasteiger partial charge in [0, 0.05) is 13.1 Å². The zero-order valence-electron chi connectivity index (χ0n) is 11.0. The average Bonchev–Trinajstić information content (AvgIpc) is 2.39. The molecule has 1 heterocycles. The summed E-state index contributed by atoms with van der Waals surface area (Å²) in [6.07, 6.45) is 0. The van der Waals surface area contributed by atoms with E-state index >= 15 is 0 Å². The summed E-state index contributed by atoms with van der Waals surface area (Å²) in [7, 11) is -3.77.